The lowest BCUT2D eigenvalue weighted by Gasteiger charge is -2.40. The fraction of sp³-hybridized carbons (Fsp3) is 0.500. The third-order valence-corrected chi connectivity index (χ3v) is 4.31. The van der Waals surface area contributed by atoms with Crippen LogP contribution in [0, 0.1) is 12.3 Å². The standard InChI is InChI=1S/C14H17NO/c1-10-3-5-11(6-4-10)12-9-15-13(16)14(12)7-2-8-14/h3-6,12H,2,7-9H2,1H3,(H,15,16)/t12-/m0/s1. The number of hydrogen-bond acceptors (Lipinski definition) is 1. The lowest BCUT2D eigenvalue weighted by molar-refractivity contribution is -0.132. The summed E-state index contributed by atoms with van der Waals surface area (Å²) < 4.78 is 0. The van der Waals surface area contributed by atoms with E-state index in [2.05, 4.69) is 36.5 Å². The minimum absolute atomic E-state index is 0.0603. The van der Waals surface area contributed by atoms with E-state index in [-0.39, 0.29) is 11.3 Å². The van der Waals surface area contributed by atoms with Crippen LogP contribution >= 0.6 is 0 Å². The Morgan fingerprint density at radius 1 is 1.25 bits per heavy atom. The van der Waals surface area contributed by atoms with E-state index < -0.39 is 0 Å². The summed E-state index contributed by atoms with van der Waals surface area (Å²) in [5.41, 5.74) is 2.54. The number of hydrogen-bond donors (Lipinski definition) is 1. The topological polar surface area (TPSA) is 29.1 Å². The van der Waals surface area contributed by atoms with E-state index in [9.17, 15) is 4.79 Å². The van der Waals surface area contributed by atoms with Crippen LogP contribution in [0.25, 0.3) is 0 Å². The normalized spacial score (nSPS) is 26.6. The molecule has 84 valence electrons. The molecule has 1 aromatic rings. The third kappa shape index (κ3) is 1.22. The number of amides is 1. The van der Waals surface area contributed by atoms with Crippen molar-refractivity contribution in [3.63, 3.8) is 0 Å². The summed E-state index contributed by atoms with van der Waals surface area (Å²) in [4.78, 5) is 11.9. The summed E-state index contributed by atoms with van der Waals surface area (Å²) in [5, 5.41) is 3.04. The molecule has 2 fully saturated rings. The van der Waals surface area contributed by atoms with Crippen molar-refractivity contribution in [2.45, 2.75) is 32.1 Å². The van der Waals surface area contributed by atoms with Crippen LogP contribution in [0.1, 0.15) is 36.3 Å². The zero-order chi connectivity index (χ0) is 11.2. The number of nitrogens with one attached hydrogen (secondary N) is 1. The average molecular weight is 215 g/mol. The van der Waals surface area contributed by atoms with Crippen LogP contribution in [-0.4, -0.2) is 12.5 Å². The fourth-order valence-corrected chi connectivity index (χ4v) is 3.09. The SMILES string of the molecule is Cc1ccc([C@@H]2CNC(=O)C23CCC3)cc1. The first kappa shape index (κ1) is 9.88. The first-order chi connectivity index (χ1) is 7.72. The summed E-state index contributed by atoms with van der Waals surface area (Å²) in [7, 11) is 0. The van der Waals surface area contributed by atoms with Crippen LogP contribution in [0.2, 0.25) is 0 Å². The Morgan fingerprint density at radius 2 is 1.94 bits per heavy atom. The molecule has 1 atom stereocenters. The van der Waals surface area contributed by atoms with Crippen LogP contribution in [-0.2, 0) is 4.79 Å². The molecule has 0 aromatic heterocycles. The van der Waals surface area contributed by atoms with Crippen molar-refractivity contribution in [1.82, 2.24) is 5.32 Å². The molecule has 0 bridgehead atoms. The van der Waals surface area contributed by atoms with Gasteiger partial charge in [0.2, 0.25) is 5.91 Å². The molecule has 2 heteroatoms. The minimum atomic E-state index is -0.0603. The molecule has 16 heavy (non-hydrogen) atoms. The first-order valence-electron chi connectivity index (χ1n) is 6.07. The van der Waals surface area contributed by atoms with Crippen LogP contribution in [0.3, 0.4) is 0 Å². The van der Waals surface area contributed by atoms with Gasteiger partial charge in [0.05, 0.1) is 5.41 Å². The largest absolute Gasteiger partial charge is 0.355 e. The van der Waals surface area contributed by atoms with Crippen molar-refractivity contribution in [2.75, 3.05) is 6.54 Å². The fourth-order valence-electron chi connectivity index (χ4n) is 3.09. The number of carbonyl (C=O) groups is 1. The maximum Gasteiger partial charge on any atom is 0.226 e. The van der Waals surface area contributed by atoms with Gasteiger partial charge in [-0.05, 0) is 25.3 Å². The lowest BCUT2D eigenvalue weighted by atomic mass is 9.61. The van der Waals surface area contributed by atoms with Crippen LogP contribution in [0.4, 0.5) is 0 Å². The molecule has 0 radical (unpaired) electrons. The smallest absolute Gasteiger partial charge is 0.226 e. The molecule has 1 heterocycles. The van der Waals surface area contributed by atoms with Crippen molar-refractivity contribution in [2.24, 2.45) is 5.41 Å². The zero-order valence-electron chi connectivity index (χ0n) is 9.62. The second kappa shape index (κ2) is 3.34. The number of aryl methyl sites for hydroxylation is 1. The van der Waals surface area contributed by atoms with Gasteiger partial charge in [0.1, 0.15) is 0 Å². The molecule has 1 aromatic carbocycles. The van der Waals surface area contributed by atoms with Crippen molar-refractivity contribution >= 4 is 5.91 Å². The highest BCUT2D eigenvalue weighted by atomic mass is 16.2. The van der Waals surface area contributed by atoms with Crippen molar-refractivity contribution in [1.29, 1.82) is 0 Å². The van der Waals surface area contributed by atoms with E-state index in [1.165, 1.54) is 17.5 Å². The zero-order valence-corrected chi connectivity index (χ0v) is 9.62. The monoisotopic (exact) mass is 215 g/mol. The average Bonchev–Trinajstić information content (AvgIpc) is 2.56. The Hall–Kier alpha value is -1.31. The summed E-state index contributed by atoms with van der Waals surface area (Å²) in [6, 6.07) is 8.65. The molecule has 1 amide bonds. The Morgan fingerprint density at radius 3 is 2.50 bits per heavy atom. The van der Waals surface area contributed by atoms with Crippen LogP contribution in [0.15, 0.2) is 24.3 Å². The second-order valence-corrected chi connectivity index (χ2v) is 5.18. The Balaban J connectivity index is 1.95. The molecule has 1 spiro atoms. The maximum absolute atomic E-state index is 11.9. The van der Waals surface area contributed by atoms with Gasteiger partial charge < -0.3 is 5.32 Å². The van der Waals surface area contributed by atoms with E-state index in [1.807, 2.05) is 0 Å². The number of carbonyl (C=O) groups excluding carboxylic acids is 1. The van der Waals surface area contributed by atoms with E-state index in [1.54, 1.807) is 0 Å². The van der Waals surface area contributed by atoms with Crippen molar-refractivity contribution < 1.29 is 4.79 Å². The van der Waals surface area contributed by atoms with Gasteiger partial charge in [-0.1, -0.05) is 36.2 Å². The van der Waals surface area contributed by atoms with Gasteiger partial charge in [-0.25, -0.2) is 0 Å². The van der Waals surface area contributed by atoms with Gasteiger partial charge in [0, 0.05) is 12.5 Å². The number of benzene rings is 1. The van der Waals surface area contributed by atoms with Gasteiger partial charge >= 0.3 is 0 Å². The summed E-state index contributed by atoms with van der Waals surface area (Å²) in [5.74, 6) is 0.679. The summed E-state index contributed by atoms with van der Waals surface area (Å²) >= 11 is 0. The van der Waals surface area contributed by atoms with Gasteiger partial charge in [-0.3, -0.25) is 4.79 Å². The van der Waals surface area contributed by atoms with E-state index >= 15 is 0 Å². The molecule has 1 saturated heterocycles. The van der Waals surface area contributed by atoms with Gasteiger partial charge in [0.15, 0.2) is 0 Å². The number of rotatable bonds is 1. The first-order valence-corrected chi connectivity index (χ1v) is 6.07. The minimum Gasteiger partial charge on any atom is -0.355 e. The van der Waals surface area contributed by atoms with E-state index in [0.29, 0.717) is 5.92 Å². The highest BCUT2D eigenvalue weighted by molar-refractivity contribution is 5.87. The maximum atomic E-state index is 11.9. The molecule has 2 aliphatic rings. The predicted molar refractivity (Wildman–Crippen MR) is 63.2 cm³/mol. The Labute approximate surface area is 96.1 Å². The highest BCUT2D eigenvalue weighted by Gasteiger charge is 2.54. The summed E-state index contributed by atoms with van der Waals surface area (Å²) in [6.07, 6.45) is 3.34. The third-order valence-electron chi connectivity index (χ3n) is 4.31. The van der Waals surface area contributed by atoms with Crippen LogP contribution in [0.5, 0.6) is 0 Å². The van der Waals surface area contributed by atoms with Crippen LogP contribution < -0.4 is 5.32 Å². The molecular formula is C14H17NO. The van der Waals surface area contributed by atoms with Crippen molar-refractivity contribution in [3.05, 3.63) is 35.4 Å². The summed E-state index contributed by atoms with van der Waals surface area (Å²) in [6.45, 7) is 2.92. The van der Waals surface area contributed by atoms with Gasteiger partial charge in [-0.2, -0.15) is 0 Å². The lowest BCUT2D eigenvalue weighted by Crippen LogP contribution is -2.40. The Bertz CT molecular complexity index is 417. The molecule has 1 N–H and O–H groups in total. The van der Waals surface area contributed by atoms with E-state index in [0.717, 1.165) is 19.4 Å². The van der Waals surface area contributed by atoms with Gasteiger partial charge in [0.25, 0.3) is 0 Å². The molecule has 3 rings (SSSR count). The second-order valence-electron chi connectivity index (χ2n) is 5.18. The molecule has 1 saturated carbocycles. The van der Waals surface area contributed by atoms with E-state index in [4.69, 9.17) is 0 Å². The molecule has 0 unspecified atom stereocenters. The quantitative estimate of drug-likeness (QED) is 0.765. The Kier molecular flexibility index (Phi) is 2.06. The molecule has 1 aliphatic carbocycles. The van der Waals surface area contributed by atoms with Crippen molar-refractivity contribution in [3.8, 4) is 0 Å². The highest BCUT2D eigenvalue weighted by Crippen LogP contribution is 2.53. The molecule has 2 nitrogen and oxygen atoms in total. The molecular weight excluding hydrogens is 198 g/mol. The molecule has 1 aliphatic heterocycles. The van der Waals surface area contributed by atoms with Gasteiger partial charge in [-0.15, -0.1) is 0 Å². The predicted octanol–water partition coefficient (Wildman–Crippen LogP) is 2.38.